The zero-order valence-electron chi connectivity index (χ0n) is 7.70. The largest absolute Gasteiger partial charge is 0.460 e. The highest BCUT2D eigenvalue weighted by molar-refractivity contribution is 9.10. The summed E-state index contributed by atoms with van der Waals surface area (Å²) < 4.78 is 5.99. The molecule has 0 spiro atoms. The molecular formula is C11H11BrO2. The molecule has 2 unspecified atom stereocenters. The number of rotatable bonds is 2. The normalized spacial score (nSPS) is 34.2. The first-order valence-corrected chi connectivity index (χ1v) is 5.82. The van der Waals surface area contributed by atoms with E-state index in [1.54, 1.807) is 12.3 Å². The summed E-state index contributed by atoms with van der Waals surface area (Å²) in [5, 5.41) is 0. The van der Waals surface area contributed by atoms with Crippen LogP contribution in [0, 0.1) is 17.8 Å². The molecule has 0 aromatic carbocycles. The van der Waals surface area contributed by atoms with Gasteiger partial charge in [0.25, 0.3) is 0 Å². The highest BCUT2D eigenvalue weighted by atomic mass is 79.9. The summed E-state index contributed by atoms with van der Waals surface area (Å²) in [5.41, 5.74) is 0. The summed E-state index contributed by atoms with van der Waals surface area (Å²) in [4.78, 5) is 12.0. The van der Waals surface area contributed by atoms with Crippen molar-refractivity contribution in [3.63, 3.8) is 0 Å². The van der Waals surface area contributed by atoms with Crippen molar-refractivity contribution in [2.45, 2.75) is 19.3 Å². The quantitative estimate of drug-likeness (QED) is 0.759. The van der Waals surface area contributed by atoms with Crippen LogP contribution in [0.25, 0.3) is 0 Å². The van der Waals surface area contributed by atoms with Crippen LogP contribution in [0.4, 0.5) is 0 Å². The fraction of sp³-hybridized carbons (Fsp3) is 0.545. The van der Waals surface area contributed by atoms with Gasteiger partial charge in [-0.15, -0.1) is 0 Å². The number of carbonyl (C=O) groups excluding carboxylic acids is 1. The number of Topliss-reactive ketones (excluding diaryl/α,β-unsaturated/α-hetero) is 1. The van der Waals surface area contributed by atoms with E-state index in [0.717, 1.165) is 29.2 Å². The summed E-state index contributed by atoms with van der Waals surface area (Å²) in [7, 11) is 0. The number of ketones is 1. The second kappa shape index (κ2) is 2.96. The van der Waals surface area contributed by atoms with Gasteiger partial charge in [-0.1, -0.05) is 0 Å². The van der Waals surface area contributed by atoms with Gasteiger partial charge in [-0.2, -0.15) is 0 Å². The molecular weight excluding hydrogens is 244 g/mol. The summed E-state index contributed by atoms with van der Waals surface area (Å²) in [5.74, 6) is 2.61. The summed E-state index contributed by atoms with van der Waals surface area (Å²) in [6.07, 6.45) is 5.07. The third-order valence-corrected chi connectivity index (χ3v) is 4.08. The number of furan rings is 1. The van der Waals surface area contributed by atoms with E-state index in [1.165, 1.54) is 6.42 Å². The summed E-state index contributed by atoms with van der Waals surface area (Å²) in [6.45, 7) is 0. The Morgan fingerprint density at radius 3 is 2.64 bits per heavy atom. The van der Waals surface area contributed by atoms with Crippen molar-refractivity contribution in [3.05, 3.63) is 22.6 Å². The first kappa shape index (κ1) is 8.72. The standard InChI is InChI=1S/C11H11BrO2/c12-9-1-2-14-11(9)10(13)8-4-6-3-7(6)5-8/h1-2,6-8H,3-5H2. The van der Waals surface area contributed by atoms with Crippen molar-refractivity contribution in [2.75, 3.05) is 0 Å². The smallest absolute Gasteiger partial charge is 0.202 e. The van der Waals surface area contributed by atoms with E-state index in [-0.39, 0.29) is 11.7 Å². The maximum absolute atomic E-state index is 12.0. The minimum Gasteiger partial charge on any atom is -0.460 e. The second-order valence-electron chi connectivity index (χ2n) is 4.39. The number of fused-ring (bicyclic) bond motifs is 1. The predicted molar refractivity (Wildman–Crippen MR) is 55.1 cm³/mol. The fourth-order valence-corrected chi connectivity index (χ4v) is 2.98. The van der Waals surface area contributed by atoms with Crippen LogP contribution in [0.15, 0.2) is 21.2 Å². The predicted octanol–water partition coefficient (Wildman–Crippen LogP) is 3.27. The van der Waals surface area contributed by atoms with Gasteiger partial charge in [-0.05, 0) is 53.1 Å². The van der Waals surface area contributed by atoms with Crippen molar-refractivity contribution in [2.24, 2.45) is 17.8 Å². The lowest BCUT2D eigenvalue weighted by atomic mass is 9.97. The van der Waals surface area contributed by atoms with Crippen LogP contribution in [-0.2, 0) is 0 Å². The van der Waals surface area contributed by atoms with Crippen LogP contribution >= 0.6 is 15.9 Å². The fourth-order valence-electron chi connectivity index (χ4n) is 2.58. The molecule has 0 saturated heterocycles. The molecule has 0 amide bonds. The van der Waals surface area contributed by atoms with Crippen molar-refractivity contribution in [1.82, 2.24) is 0 Å². The molecule has 1 aromatic rings. The lowest BCUT2D eigenvalue weighted by Gasteiger charge is -2.07. The van der Waals surface area contributed by atoms with Gasteiger partial charge < -0.3 is 4.42 Å². The van der Waals surface area contributed by atoms with Crippen molar-refractivity contribution < 1.29 is 9.21 Å². The lowest BCUT2D eigenvalue weighted by Crippen LogP contribution is -2.12. The van der Waals surface area contributed by atoms with E-state index < -0.39 is 0 Å². The van der Waals surface area contributed by atoms with E-state index in [1.807, 2.05) is 0 Å². The van der Waals surface area contributed by atoms with Crippen molar-refractivity contribution in [3.8, 4) is 0 Å². The Labute approximate surface area is 90.8 Å². The van der Waals surface area contributed by atoms with E-state index in [4.69, 9.17) is 4.42 Å². The van der Waals surface area contributed by atoms with Crippen LogP contribution in [0.2, 0.25) is 0 Å². The monoisotopic (exact) mass is 254 g/mol. The Balaban J connectivity index is 1.79. The average molecular weight is 255 g/mol. The first-order valence-electron chi connectivity index (χ1n) is 5.03. The maximum Gasteiger partial charge on any atom is 0.202 e. The zero-order chi connectivity index (χ0) is 9.71. The Kier molecular flexibility index (Phi) is 1.84. The summed E-state index contributed by atoms with van der Waals surface area (Å²) >= 11 is 3.33. The van der Waals surface area contributed by atoms with Crippen molar-refractivity contribution >= 4 is 21.7 Å². The van der Waals surface area contributed by atoms with Gasteiger partial charge in [-0.25, -0.2) is 0 Å². The molecule has 1 heterocycles. The third kappa shape index (κ3) is 1.26. The highest BCUT2D eigenvalue weighted by Crippen LogP contribution is 2.55. The van der Waals surface area contributed by atoms with E-state index >= 15 is 0 Å². The van der Waals surface area contributed by atoms with E-state index in [0.29, 0.717) is 5.76 Å². The molecule has 2 fully saturated rings. The minimum absolute atomic E-state index is 0.189. The Bertz CT molecular complexity index is 372. The van der Waals surface area contributed by atoms with Gasteiger partial charge in [0.15, 0.2) is 5.76 Å². The first-order chi connectivity index (χ1) is 6.75. The molecule has 0 aliphatic heterocycles. The number of halogens is 1. The molecule has 2 atom stereocenters. The van der Waals surface area contributed by atoms with Gasteiger partial charge >= 0.3 is 0 Å². The maximum atomic E-state index is 12.0. The van der Waals surface area contributed by atoms with Crippen LogP contribution in [-0.4, -0.2) is 5.78 Å². The molecule has 3 rings (SSSR count). The van der Waals surface area contributed by atoms with Crippen LogP contribution < -0.4 is 0 Å². The van der Waals surface area contributed by atoms with Crippen LogP contribution in [0.1, 0.15) is 29.8 Å². The molecule has 3 heteroatoms. The van der Waals surface area contributed by atoms with E-state index in [2.05, 4.69) is 15.9 Å². The highest BCUT2D eigenvalue weighted by Gasteiger charge is 2.48. The zero-order valence-corrected chi connectivity index (χ0v) is 9.29. The van der Waals surface area contributed by atoms with Crippen LogP contribution in [0.5, 0.6) is 0 Å². The van der Waals surface area contributed by atoms with E-state index in [9.17, 15) is 4.79 Å². The number of hydrogen-bond acceptors (Lipinski definition) is 2. The minimum atomic E-state index is 0.189. The van der Waals surface area contributed by atoms with Gasteiger partial charge in [0.05, 0.1) is 10.7 Å². The Morgan fingerprint density at radius 1 is 1.36 bits per heavy atom. The molecule has 2 aliphatic rings. The molecule has 14 heavy (non-hydrogen) atoms. The van der Waals surface area contributed by atoms with Crippen molar-refractivity contribution in [1.29, 1.82) is 0 Å². The lowest BCUT2D eigenvalue weighted by molar-refractivity contribution is 0.0885. The van der Waals surface area contributed by atoms with Crippen LogP contribution in [0.3, 0.4) is 0 Å². The van der Waals surface area contributed by atoms with Gasteiger partial charge in [0, 0.05) is 5.92 Å². The van der Waals surface area contributed by atoms with Gasteiger partial charge in [0.1, 0.15) is 0 Å². The third-order valence-electron chi connectivity index (χ3n) is 3.46. The Hall–Kier alpha value is -0.570. The second-order valence-corrected chi connectivity index (χ2v) is 5.24. The number of hydrogen-bond donors (Lipinski definition) is 0. The summed E-state index contributed by atoms with van der Waals surface area (Å²) in [6, 6.07) is 1.78. The van der Waals surface area contributed by atoms with Gasteiger partial charge in [0.2, 0.25) is 5.78 Å². The Morgan fingerprint density at radius 2 is 2.07 bits per heavy atom. The molecule has 74 valence electrons. The SMILES string of the molecule is O=C(c1occc1Br)C1CC2CC2C1. The molecule has 0 bridgehead atoms. The molecule has 2 saturated carbocycles. The average Bonchev–Trinajstić information content (AvgIpc) is 2.64. The molecule has 0 N–H and O–H groups in total. The number of carbonyl (C=O) groups is 1. The molecule has 1 aromatic heterocycles. The molecule has 0 radical (unpaired) electrons. The molecule has 2 aliphatic carbocycles. The molecule has 2 nitrogen and oxygen atoms in total. The van der Waals surface area contributed by atoms with Gasteiger partial charge in [-0.3, -0.25) is 4.79 Å². The topological polar surface area (TPSA) is 30.2 Å².